The molecule has 0 saturated carbocycles. The molecule has 196 valence electrons. The maximum absolute atomic E-state index is 12.1. The van der Waals surface area contributed by atoms with Gasteiger partial charge in [0.05, 0.1) is 0 Å². The fourth-order valence-corrected chi connectivity index (χ4v) is 4.71. The summed E-state index contributed by atoms with van der Waals surface area (Å²) in [5.41, 5.74) is 8.04. The van der Waals surface area contributed by atoms with Gasteiger partial charge in [0, 0.05) is 42.8 Å². The van der Waals surface area contributed by atoms with Crippen molar-refractivity contribution in [3.63, 3.8) is 0 Å². The summed E-state index contributed by atoms with van der Waals surface area (Å²) >= 11 is 0. The third kappa shape index (κ3) is 6.88. The van der Waals surface area contributed by atoms with E-state index in [1.165, 1.54) is 16.7 Å². The van der Waals surface area contributed by atoms with E-state index in [0.29, 0.717) is 11.9 Å². The minimum atomic E-state index is -0.0563. The predicted octanol–water partition coefficient (Wildman–Crippen LogP) is 7.14. The Morgan fingerprint density at radius 1 is 0.974 bits per heavy atom. The number of anilines is 1. The summed E-state index contributed by atoms with van der Waals surface area (Å²) in [7, 11) is 0. The molecule has 0 amide bonds. The number of H-pyrrole nitrogens is 1. The molecule has 0 aliphatic rings. The number of hydrazine groups is 1. The van der Waals surface area contributed by atoms with Crippen LogP contribution in [0.3, 0.4) is 0 Å². The highest BCUT2D eigenvalue weighted by Crippen LogP contribution is 2.30. The van der Waals surface area contributed by atoms with Gasteiger partial charge in [-0.3, -0.25) is 10.6 Å². The summed E-state index contributed by atoms with van der Waals surface area (Å²) in [6, 6.07) is 23.3. The second-order valence-electron chi connectivity index (χ2n) is 10.1. The molecule has 5 heteroatoms. The number of rotatable bonds is 11. The van der Waals surface area contributed by atoms with Crippen molar-refractivity contribution in [3.05, 3.63) is 125 Å². The van der Waals surface area contributed by atoms with Crippen molar-refractivity contribution in [1.82, 2.24) is 9.99 Å². The van der Waals surface area contributed by atoms with E-state index in [-0.39, 0.29) is 5.56 Å². The van der Waals surface area contributed by atoms with E-state index in [0.717, 1.165) is 53.6 Å². The lowest BCUT2D eigenvalue weighted by atomic mass is 9.96. The Morgan fingerprint density at radius 2 is 1.76 bits per heavy atom. The number of fused-ring (bicyclic) bond motifs is 1. The fraction of sp³-hybridized carbons (Fsp3) is 0.242. The van der Waals surface area contributed by atoms with Gasteiger partial charge in [0.25, 0.3) is 5.56 Å². The summed E-state index contributed by atoms with van der Waals surface area (Å²) in [6.45, 7) is 11.9. The van der Waals surface area contributed by atoms with Crippen molar-refractivity contribution in [2.45, 2.75) is 46.6 Å². The molecule has 3 N–H and O–H groups in total. The van der Waals surface area contributed by atoms with Crippen molar-refractivity contribution in [3.8, 4) is 11.1 Å². The first-order valence-corrected chi connectivity index (χ1v) is 13.3. The number of hydrogen-bond donors (Lipinski definition) is 2. The number of nitrogens with zero attached hydrogens (tertiary/aromatic N) is 2. The van der Waals surface area contributed by atoms with Gasteiger partial charge in [-0.25, -0.2) is 5.01 Å². The molecular weight excluding hydrogens is 468 g/mol. The molecule has 38 heavy (non-hydrogen) atoms. The number of benzene rings is 3. The van der Waals surface area contributed by atoms with Crippen molar-refractivity contribution in [2.24, 2.45) is 5.84 Å². The van der Waals surface area contributed by atoms with Gasteiger partial charge in [-0.1, -0.05) is 61.9 Å². The molecule has 0 spiro atoms. The normalized spacial score (nSPS) is 11.1. The van der Waals surface area contributed by atoms with Crippen LogP contribution in [-0.2, 0) is 13.0 Å². The maximum Gasteiger partial charge on any atom is 0.255 e. The number of allylic oxidation sites excluding steroid dienone is 1. The van der Waals surface area contributed by atoms with E-state index in [1.807, 2.05) is 29.4 Å². The topological polar surface area (TPSA) is 65.4 Å². The van der Waals surface area contributed by atoms with E-state index in [9.17, 15) is 4.79 Å². The lowest BCUT2D eigenvalue weighted by Crippen LogP contribution is -2.31. The molecule has 0 atom stereocenters. The number of nitrogens with one attached hydrogen (secondary N) is 1. The quantitative estimate of drug-likeness (QED) is 0.168. The zero-order valence-corrected chi connectivity index (χ0v) is 22.7. The van der Waals surface area contributed by atoms with E-state index < -0.39 is 0 Å². The van der Waals surface area contributed by atoms with Crippen LogP contribution in [0.15, 0.2) is 102 Å². The number of pyridine rings is 1. The summed E-state index contributed by atoms with van der Waals surface area (Å²) < 4.78 is 0. The van der Waals surface area contributed by atoms with Crippen LogP contribution in [0.5, 0.6) is 0 Å². The zero-order valence-electron chi connectivity index (χ0n) is 22.7. The van der Waals surface area contributed by atoms with Crippen LogP contribution in [0.2, 0.25) is 0 Å². The van der Waals surface area contributed by atoms with Crippen LogP contribution in [0.4, 0.5) is 5.69 Å². The maximum atomic E-state index is 12.1. The van der Waals surface area contributed by atoms with Gasteiger partial charge in [-0.05, 0) is 90.2 Å². The van der Waals surface area contributed by atoms with Crippen LogP contribution in [0.1, 0.15) is 50.3 Å². The highest BCUT2D eigenvalue weighted by atomic mass is 16.1. The third-order valence-electron chi connectivity index (χ3n) is 6.56. The summed E-state index contributed by atoms with van der Waals surface area (Å²) in [5.74, 6) is 6.34. The molecule has 4 aromatic rings. The Labute approximate surface area is 225 Å². The molecule has 0 unspecified atom stereocenters. The SMILES string of the molecule is C=CN(C=C(C)C)c1cc(CN(N)CCCC)cc(-c2cccc(Cc3ccc4c(=O)[nH]ccc4c3)c2)c1. The first-order valence-electron chi connectivity index (χ1n) is 13.3. The lowest BCUT2D eigenvalue weighted by Gasteiger charge is -2.21. The number of aromatic amines is 1. The first kappa shape index (κ1) is 27.1. The molecule has 0 bridgehead atoms. The largest absolute Gasteiger partial charge is 0.329 e. The second kappa shape index (κ2) is 12.5. The highest BCUT2D eigenvalue weighted by molar-refractivity contribution is 5.82. The molecule has 4 rings (SSSR count). The minimum absolute atomic E-state index is 0.0563. The minimum Gasteiger partial charge on any atom is -0.329 e. The number of nitrogens with two attached hydrogens (primary N) is 1. The Balaban J connectivity index is 1.68. The fourth-order valence-electron chi connectivity index (χ4n) is 4.71. The second-order valence-corrected chi connectivity index (χ2v) is 10.1. The smallest absolute Gasteiger partial charge is 0.255 e. The van der Waals surface area contributed by atoms with Gasteiger partial charge in [0.1, 0.15) is 0 Å². The predicted molar refractivity (Wildman–Crippen MR) is 161 cm³/mol. The standard InChI is InChI=1S/C33H38N4O/c1-5-7-15-37(34)23-27-19-30(21-31(20-27)36(6-2)22-24(3)4)28-10-8-9-25(17-28)16-26-11-12-32-29(18-26)13-14-35-33(32)38/h6,8-14,17-22H,2,5,7,15-16,23,34H2,1,3-4H3,(H,35,38). The highest BCUT2D eigenvalue weighted by Gasteiger charge is 2.10. The van der Waals surface area contributed by atoms with Crippen LogP contribution >= 0.6 is 0 Å². The molecule has 1 heterocycles. The van der Waals surface area contributed by atoms with E-state index in [4.69, 9.17) is 5.84 Å². The molecule has 0 aliphatic carbocycles. The van der Waals surface area contributed by atoms with Crippen molar-refractivity contribution < 1.29 is 0 Å². The van der Waals surface area contributed by atoms with E-state index >= 15 is 0 Å². The Kier molecular flexibility index (Phi) is 8.95. The molecule has 0 radical (unpaired) electrons. The molecule has 0 aliphatic heterocycles. The third-order valence-corrected chi connectivity index (χ3v) is 6.56. The van der Waals surface area contributed by atoms with Crippen LogP contribution < -0.4 is 16.3 Å². The average molecular weight is 507 g/mol. The number of hydrogen-bond acceptors (Lipinski definition) is 4. The van der Waals surface area contributed by atoms with Gasteiger partial charge in [-0.2, -0.15) is 0 Å². The van der Waals surface area contributed by atoms with Crippen LogP contribution in [-0.4, -0.2) is 16.5 Å². The zero-order chi connectivity index (χ0) is 27.1. The molecule has 3 aromatic carbocycles. The molecular formula is C33H38N4O. The van der Waals surface area contributed by atoms with Crippen molar-refractivity contribution >= 4 is 16.5 Å². The van der Waals surface area contributed by atoms with Gasteiger partial charge in [0.15, 0.2) is 0 Å². The summed E-state index contributed by atoms with van der Waals surface area (Å²) in [6.07, 6.45) is 8.61. The number of aromatic nitrogens is 1. The summed E-state index contributed by atoms with van der Waals surface area (Å²) in [5, 5.41) is 3.57. The Bertz CT molecular complexity index is 1500. The van der Waals surface area contributed by atoms with Gasteiger partial charge >= 0.3 is 0 Å². The van der Waals surface area contributed by atoms with E-state index in [1.54, 1.807) is 6.20 Å². The molecule has 1 aromatic heterocycles. The van der Waals surface area contributed by atoms with E-state index in [2.05, 4.69) is 92.0 Å². The lowest BCUT2D eigenvalue weighted by molar-refractivity contribution is 0.270. The molecule has 0 fully saturated rings. The Hall–Kier alpha value is -3.93. The van der Waals surface area contributed by atoms with Gasteiger partial charge < -0.3 is 9.88 Å². The van der Waals surface area contributed by atoms with Crippen molar-refractivity contribution in [2.75, 3.05) is 11.4 Å². The average Bonchev–Trinajstić information content (AvgIpc) is 2.90. The first-order chi connectivity index (χ1) is 18.4. The molecule has 5 nitrogen and oxygen atoms in total. The van der Waals surface area contributed by atoms with Gasteiger partial charge in [0.2, 0.25) is 0 Å². The van der Waals surface area contributed by atoms with Crippen LogP contribution in [0, 0.1) is 0 Å². The Morgan fingerprint density at radius 3 is 2.53 bits per heavy atom. The summed E-state index contributed by atoms with van der Waals surface area (Å²) in [4.78, 5) is 16.9. The van der Waals surface area contributed by atoms with Crippen molar-refractivity contribution in [1.29, 1.82) is 0 Å². The van der Waals surface area contributed by atoms with Gasteiger partial charge in [-0.15, -0.1) is 0 Å². The number of unbranched alkanes of at least 4 members (excludes halogenated alkanes) is 1. The van der Waals surface area contributed by atoms with Crippen LogP contribution in [0.25, 0.3) is 21.9 Å². The monoisotopic (exact) mass is 506 g/mol. The molecule has 0 saturated heterocycles.